The lowest BCUT2D eigenvalue weighted by Gasteiger charge is -2.25. The molecule has 3 heterocycles. The van der Waals surface area contributed by atoms with Gasteiger partial charge in [-0.1, -0.05) is 6.07 Å². The summed E-state index contributed by atoms with van der Waals surface area (Å²) in [6, 6.07) is 11.9. The fourth-order valence-corrected chi connectivity index (χ4v) is 4.43. The summed E-state index contributed by atoms with van der Waals surface area (Å²) in [6.07, 6.45) is 5.91. The topological polar surface area (TPSA) is 72.0 Å². The lowest BCUT2D eigenvalue weighted by atomic mass is 10.1. The Bertz CT molecular complexity index is 1160. The summed E-state index contributed by atoms with van der Waals surface area (Å²) < 4.78 is 6.44. The highest BCUT2D eigenvalue weighted by Gasteiger charge is 2.18. The van der Waals surface area contributed by atoms with Gasteiger partial charge in [0.2, 0.25) is 5.95 Å². The number of ether oxygens (including phenoxy) is 1. The Morgan fingerprint density at radius 2 is 2.03 bits per heavy atom. The summed E-state index contributed by atoms with van der Waals surface area (Å²) in [5.41, 5.74) is 4.61. The van der Waals surface area contributed by atoms with Gasteiger partial charge >= 0.3 is 0 Å². The van der Waals surface area contributed by atoms with E-state index in [1.165, 1.54) is 0 Å². The van der Waals surface area contributed by atoms with E-state index >= 15 is 0 Å². The first-order valence-corrected chi connectivity index (χ1v) is 11.2. The van der Waals surface area contributed by atoms with Crippen LogP contribution in [0.15, 0.2) is 59.2 Å². The smallest absolute Gasteiger partial charge is 0.227 e. The number of piperidine rings is 1. The monoisotopic (exact) mass is 435 g/mol. The van der Waals surface area contributed by atoms with Crippen molar-refractivity contribution in [2.45, 2.75) is 23.8 Å². The van der Waals surface area contributed by atoms with Crippen LogP contribution >= 0.6 is 24.0 Å². The van der Waals surface area contributed by atoms with E-state index in [1.807, 2.05) is 48.2 Å². The second-order valence-corrected chi connectivity index (χ2v) is 8.61. The zero-order valence-corrected chi connectivity index (χ0v) is 17.9. The summed E-state index contributed by atoms with van der Waals surface area (Å²) in [4.78, 5) is 15.4. The Balaban J connectivity index is 1.52. The molecule has 0 atom stereocenters. The molecule has 0 radical (unpaired) electrons. The molecule has 4 aromatic rings. The molecule has 1 aliphatic heterocycles. The van der Waals surface area contributed by atoms with Crippen LogP contribution in [0.2, 0.25) is 0 Å². The zero-order chi connectivity index (χ0) is 20.3. The number of thiazole rings is 1. The van der Waals surface area contributed by atoms with Crippen molar-refractivity contribution in [2.75, 3.05) is 18.4 Å². The maximum absolute atomic E-state index is 6.44. The van der Waals surface area contributed by atoms with Gasteiger partial charge in [0.1, 0.15) is 11.9 Å². The normalized spacial score (nSPS) is 14.7. The average Bonchev–Trinajstić information content (AvgIpc) is 3.29. The van der Waals surface area contributed by atoms with Crippen LogP contribution in [0.25, 0.3) is 21.3 Å². The molecular weight excluding hydrogens is 414 g/mol. The van der Waals surface area contributed by atoms with Crippen molar-refractivity contribution >= 4 is 46.5 Å². The lowest BCUT2D eigenvalue weighted by Crippen LogP contribution is -2.34. The quantitative estimate of drug-likeness (QED) is 0.387. The molecular formula is C22H21N5OS2. The van der Waals surface area contributed by atoms with Crippen LogP contribution in [-0.4, -0.2) is 34.1 Å². The van der Waals surface area contributed by atoms with Gasteiger partial charge in [-0.2, -0.15) is 0 Å². The second-order valence-electron chi connectivity index (χ2n) is 7.21. The number of hydrogen-bond donors (Lipinski definition) is 3. The fourth-order valence-electron chi connectivity index (χ4n) is 3.56. The SMILES string of the molecule is Sc1cccc(Nc2ncc3cc(-c4cncs4)c(OC4CCNCC4)cc3n2)c1. The lowest BCUT2D eigenvalue weighted by molar-refractivity contribution is 0.163. The minimum atomic E-state index is 0.202. The number of aromatic nitrogens is 3. The van der Waals surface area contributed by atoms with E-state index < -0.39 is 0 Å². The van der Waals surface area contributed by atoms with Crippen LogP contribution < -0.4 is 15.4 Å². The van der Waals surface area contributed by atoms with Gasteiger partial charge in [0, 0.05) is 40.0 Å². The standard InChI is InChI=1S/C22H21N5OS2/c29-17-3-1-2-15(9-17)26-22-25-11-14-8-18(21-12-24-13-30-21)20(10-19(14)27-22)28-16-4-6-23-7-5-16/h1-3,8-13,16,23,29H,4-7H2,(H,25,26,27). The molecule has 0 spiro atoms. The third-order valence-electron chi connectivity index (χ3n) is 5.06. The molecule has 1 fully saturated rings. The number of thiol groups is 1. The maximum Gasteiger partial charge on any atom is 0.227 e. The number of hydrogen-bond acceptors (Lipinski definition) is 8. The first-order chi connectivity index (χ1) is 14.7. The van der Waals surface area contributed by atoms with E-state index in [-0.39, 0.29) is 6.10 Å². The van der Waals surface area contributed by atoms with Crippen LogP contribution in [0.3, 0.4) is 0 Å². The highest BCUT2D eigenvalue weighted by atomic mass is 32.1. The van der Waals surface area contributed by atoms with Crippen LogP contribution in [0.4, 0.5) is 11.6 Å². The number of fused-ring (bicyclic) bond motifs is 1. The van der Waals surface area contributed by atoms with E-state index in [0.717, 1.165) is 63.6 Å². The summed E-state index contributed by atoms with van der Waals surface area (Å²) in [7, 11) is 0. The second kappa shape index (κ2) is 8.59. The van der Waals surface area contributed by atoms with Crippen molar-refractivity contribution in [3.05, 3.63) is 54.3 Å². The molecule has 1 aliphatic rings. The van der Waals surface area contributed by atoms with E-state index in [1.54, 1.807) is 11.3 Å². The average molecular weight is 436 g/mol. The summed E-state index contributed by atoms with van der Waals surface area (Å²) in [5.74, 6) is 1.39. The molecule has 2 N–H and O–H groups in total. The summed E-state index contributed by atoms with van der Waals surface area (Å²) in [5, 5.41) is 7.60. The minimum absolute atomic E-state index is 0.202. The van der Waals surface area contributed by atoms with E-state index in [4.69, 9.17) is 9.72 Å². The van der Waals surface area contributed by atoms with Gasteiger partial charge < -0.3 is 15.4 Å². The number of anilines is 2. The molecule has 8 heteroatoms. The molecule has 0 aliphatic carbocycles. The van der Waals surface area contributed by atoms with Gasteiger partial charge in [-0.25, -0.2) is 9.97 Å². The van der Waals surface area contributed by atoms with Crippen molar-refractivity contribution in [1.29, 1.82) is 0 Å². The van der Waals surface area contributed by atoms with Gasteiger partial charge in [0.15, 0.2) is 0 Å². The van der Waals surface area contributed by atoms with Crippen molar-refractivity contribution in [2.24, 2.45) is 0 Å². The third-order valence-corrected chi connectivity index (χ3v) is 6.15. The molecule has 0 unspecified atom stereocenters. The Morgan fingerprint density at radius 3 is 2.83 bits per heavy atom. The largest absolute Gasteiger partial charge is 0.490 e. The molecule has 6 nitrogen and oxygen atoms in total. The van der Waals surface area contributed by atoms with Gasteiger partial charge in [-0.05, 0) is 50.2 Å². The zero-order valence-electron chi connectivity index (χ0n) is 16.2. The minimum Gasteiger partial charge on any atom is -0.490 e. The molecule has 2 aromatic heterocycles. The Labute approximate surface area is 184 Å². The van der Waals surface area contributed by atoms with Gasteiger partial charge in [0.25, 0.3) is 0 Å². The van der Waals surface area contributed by atoms with Crippen LogP contribution in [-0.2, 0) is 0 Å². The van der Waals surface area contributed by atoms with Gasteiger partial charge in [-0.15, -0.1) is 24.0 Å². The molecule has 1 saturated heterocycles. The Kier molecular flexibility index (Phi) is 5.52. The summed E-state index contributed by atoms with van der Waals surface area (Å²) >= 11 is 5.99. The van der Waals surface area contributed by atoms with Crippen LogP contribution in [0, 0.1) is 0 Å². The van der Waals surface area contributed by atoms with Crippen molar-refractivity contribution in [3.8, 4) is 16.2 Å². The first-order valence-electron chi connectivity index (χ1n) is 9.88. The Hall–Kier alpha value is -2.68. The molecule has 152 valence electrons. The van der Waals surface area contributed by atoms with E-state index in [9.17, 15) is 0 Å². The number of rotatable bonds is 5. The molecule has 5 rings (SSSR count). The van der Waals surface area contributed by atoms with Gasteiger partial charge in [0.05, 0.1) is 15.9 Å². The highest BCUT2D eigenvalue weighted by molar-refractivity contribution is 7.80. The summed E-state index contributed by atoms with van der Waals surface area (Å²) in [6.45, 7) is 1.96. The highest BCUT2D eigenvalue weighted by Crippen LogP contribution is 2.37. The van der Waals surface area contributed by atoms with Gasteiger partial charge in [-0.3, -0.25) is 4.98 Å². The van der Waals surface area contributed by atoms with E-state index in [0.29, 0.717) is 5.95 Å². The van der Waals surface area contributed by atoms with Crippen molar-refractivity contribution < 1.29 is 4.74 Å². The number of nitrogens with one attached hydrogen (secondary N) is 2. The molecule has 0 saturated carbocycles. The van der Waals surface area contributed by atoms with Crippen LogP contribution in [0.5, 0.6) is 5.75 Å². The first kappa shape index (κ1) is 19.3. The maximum atomic E-state index is 6.44. The Morgan fingerprint density at radius 1 is 1.13 bits per heavy atom. The number of nitrogens with zero attached hydrogens (tertiary/aromatic N) is 3. The van der Waals surface area contributed by atoms with Crippen molar-refractivity contribution in [1.82, 2.24) is 20.3 Å². The third kappa shape index (κ3) is 4.26. The molecule has 0 bridgehead atoms. The predicted molar refractivity (Wildman–Crippen MR) is 124 cm³/mol. The van der Waals surface area contributed by atoms with E-state index in [2.05, 4.69) is 39.3 Å². The predicted octanol–water partition coefficient (Wildman–Crippen LogP) is 4.92. The molecule has 2 aromatic carbocycles. The fraction of sp³-hybridized carbons (Fsp3) is 0.227. The van der Waals surface area contributed by atoms with Crippen molar-refractivity contribution in [3.63, 3.8) is 0 Å². The number of benzene rings is 2. The molecule has 0 amide bonds. The molecule has 30 heavy (non-hydrogen) atoms. The van der Waals surface area contributed by atoms with Crippen LogP contribution in [0.1, 0.15) is 12.8 Å².